The van der Waals surface area contributed by atoms with Crippen molar-refractivity contribution in [2.24, 2.45) is 0 Å². The van der Waals surface area contributed by atoms with Crippen LogP contribution in [0.15, 0.2) is 18.2 Å². The Labute approximate surface area is 83.9 Å². The summed E-state index contributed by atoms with van der Waals surface area (Å²) in [7, 11) is 0. The van der Waals surface area contributed by atoms with Crippen LogP contribution in [0.3, 0.4) is 0 Å². The van der Waals surface area contributed by atoms with Crippen molar-refractivity contribution < 1.29 is 9.53 Å². The molecular weight excluding hydrogens is 176 g/mol. The van der Waals surface area contributed by atoms with Gasteiger partial charge in [-0.3, -0.25) is 4.79 Å². The molecule has 0 N–H and O–H groups in total. The molecule has 0 fully saturated rings. The molecule has 0 saturated carbocycles. The van der Waals surface area contributed by atoms with Gasteiger partial charge in [0.1, 0.15) is 5.75 Å². The van der Waals surface area contributed by atoms with E-state index in [0.717, 1.165) is 17.7 Å². The lowest BCUT2D eigenvalue weighted by atomic mass is 9.97. The lowest BCUT2D eigenvalue weighted by Gasteiger charge is -2.09. The predicted molar refractivity (Wildman–Crippen MR) is 54.5 cm³/mol. The van der Waals surface area contributed by atoms with Gasteiger partial charge < -0.3 is 4.74 Å². The average Bonchev–Trinajstić information content (AvgIpc) is 2.55. The minimum absolute atomic E-state index is 0.138. The highest BCUT2D eigenvalue weighted by atomic mass is 16.5. The second-order valence-corrected chi connectivity index (χ2v) is 3.83. The van der Waals surface area contributed by atoms with Crippen molar-refractivity contribution in [1.82, 2.24) is 0 Å². The van der Waals surface area contributed by atoms with E-state index in [9.17, 15) is 4.79 Å². The van der Waals surface area contributed by atoms with E-state index in [1.54, 1.807) is 0 Å². The van der Waals surface area contributed by atoms with Crippen molar-refractivity contribution in [1.29, 1.82) is 0 Å². The fraction of sp³-hybridized carbons (Fsp3) is 0.417. The average molecular weight is 190 g/mol. The number of benzene rings is 1. The van der Waals surface area contributed by atoms with Crippen LogP contribution in [0.5, 0.6) is 5.75 Å². The first-order valence-electron chi connectivity index (χ1n) is 5.04. The van der Waals surface area contributed by atoms with Crippen molar-refractivity contribution in [3.63, 3.8) is 0 Å². The molecule has 2 nitrogen and oxygen atoms in total. The van der Waals surface area contributed by atoms with Crippen LogP contribution in [0.2, 0.25) is 0 Å². The molecule has 1 aromatic rings. The highest BCUT2D eigenvalue weighted by molar-refractivity contribution is 5.81. The molecule has 0 saturated heterocycles. The molecular formula is C12H14O2. The van der Waals surface area contributed by atoms with Gasteiger partial charge in [0, 0.05) is 5.56 Å². The van der Waals surface area contributed by atoms with Crippen molar-refractivity contribution in [2.45, 2.75) is 32.6 Å². The molecule has 14 heavy (non-hydrogen) atoms. The molecule has 1 aliphatic rings. The monoisotopic (exact) mass is 190 g/mol. The largest absolute Gasteiger partial charge is 0.426 e. The SMILES string of the molecule is CCC(C)c1ccc2c(c1)OC(=O)C2. The van der Waals surface area contributed by atoms with Crippen LogP contribution >= 0.6 is 0 Å². The maximum absolute atomic E-state index is 11.0. The van der Waals surface area contributed by atoms with E-state index in [1.807, 2.05) is 12.1 Å². The first-order chi connectivity index (χ1) is 6.70. The van der Waals surface area contributed by atoms with Crippen molar-refractivity contribution in [2.75, 3.05) is 0 Å². The Morgan fingerprint density at radius 3 is 3.00 bits per heavy atom. The van der Waals surface area contributed by atoms with Crippen molar-refractivity contribution in [3.05, 3.63) is 29.3 Å². The summed E-state index contributed by atoms with van der Waals surface area (Å²) in [4.78, 5) is 11.0. The molecule has 2 heteroatoms. The zero-order chi connectivity index (χ0) is 10.1. The Morgan fingerprint density at radius 2 is 2.29 bits per heavy atom. The Bertz CT molecular complexity index is 369. The Balaban J connectivity index is 2.32. The molecule has 0 aromatic heterocycles. The number of carbonyl (C=O) groups excluding carboxylic acids is 1. The summed E-state index contributed by atoms with van der Waals surface area (Å²) in [6.07, 6.45) is 1.53. The number of ether oxygens (including phenoxy) is 1. The molecule has 0 bridgehead atoms. The van der Waals surface area contributed by atoms with E-state index in [1.165, 1.54) is 5.56 Å². The fourth-order valence-electron chi connectivity index (χ4n) is 1.67. The molecule has 1 atom stereocenters. The summed E-state index contributed by atoms with van der Waals surface area (Å²) in [5.41, 5.74) is 2.27. The van der Waals surface area contributed by atoms with Gasteiger partial charge in [-0.1, -0.05) is 26.0 Å². The highest BCUT2D eigenvalue weighted by Gasteiger charge is 2.20. The van der Waals surface area contributed by atoms with E-state index in [2.05, 4.69) is 19.9 Å². The second kappa shape index (κ2) is 3.45. The van der Waals surface area contributed by atoms with Crippen LogP contribution in [0.4, 0.5) is 0 Å². The number of hydrogen-bond acceptors (Lipinski definition) is 2. The molecule has 0 radical (unpaired) electrons. The van der Waals surface area contributed by atoms with Crippen LogP contribution in [0, 0.1) is 0 Å². The van der Waals surface area contributed by atoms with Crippen LogP contribution in [-0.4, -0.2) is 5.97 Å². The number of rotatable bonds is 2. The fourth-order valence-corrected chi connectivity index (χ4v) is 1.67. The summed E-state index contributed by atoms with van der Waals surface area (Å²) in [6, 6.07) is 6.09. The zero-order valence-corrected chi connectivity index (χ0v) is 8.54. The molecule has 2 rings (SSSR count). The summed E-state index contributed by atoms with van der Waals surface area (Å²) < 4.78 is 5.10. The molecule has 1 aliphatic heterocycles. The zero-order valence-electron chi connectivity index (χ0n) is 8.54. The first-order valence-corrected chi connectivity index (χ1v) is 5.04. The van der Waals surface area contributed by atoms with E-state index < -0.39 is 0 Å². The topological polar surface area (TPSA) is 26.3 Å². The molecule has 1 heterocycles. The number of hydrogen-bond donors (Lipinski definition) is 0. The minimum atomic E-state index is -0.138. The normalized spacial score (nSPS) is 16.3. The van der Waals surface area contributed by atoms with Gasteiger partial charge in [0.05, 0.1) is 6.42 Å². The molecule has 1 unspecified atom stereocenters. The van der Waals surface area contributed by atoms with Gasteiger partial charge in [0.15, 0.2) is 0 Å². The highest BCUT2D eigenvalue weighted by Crippen LogP contribution is 2.30. The number of fused-ring (bicyclic) bond motifs is 1. The summed E-state index contributed by atoms with van der Waals surface area (Å²) in [5.74, 6) is 1.15. The summed E-state index contributed by atoms with van der Waals surface area (Å²) in [6.45, 7) is 4.34. The Hall–Kier alpha value is -1.31. The summed E-state index contributed by atoms with van der Waals surface area (Å²) in [5, 5.41) is 0. The van der Waals surface area contributed by atoms with Gasteiger partial charge in [-0.15, -0.1) is 0 Å². The first kappa shape index (κ1) is 9.25. The quantitative estimate of drug-likeness (QED) is 0.529. The van der Waals surface area contributed by atoms with Crippen LogP contribution in [0.25, 0.3) is 0 Å². The molecule has 0 aliphatic carbocycles. The maximum atomic E-state index is 11.0. The smallest absolute Gasteiger partial charge is 0.315 e. The third kappa shape index (κ3) is 1.52. The standard InChI is InChI=1S/C12H14O2/c1-3-8(2)9-4-5-10-7-12(13)14-11(10)6-9/h4-6,8H,3,7H2,1-2H3. The second-order valence-electron chi connectivity index (χ2n) is 3.83. The third-order valence-electron chi connectivity index (χ3n) is 2.83. The molecule has 74 valence electrons. The molecule has 1 aromatic carbocycles. The van der Waals surface area contributed by atoms with Gasteiger partial charge in [-0.2, -0.15) is 0 Å². The lowest BCUT2D eigenvalue weighted by Crippen LogP contribution is -2.00. The molecule has 0 amide bonds. The maximum Gasteiger partial charge on any atom is 0.315 e. The Morgan fingerprint density at radius 1 is 1.50 bits per heavy atom. The van der Waals surface area contributed by atoms with Crippen molar-refractivity contribution >= 4 is 5.97 Å². The van der Waals surface area contributed by atoms with Gasteiger partial charge in [0.2, 0.25) is 0 Å². The molecule has 0 spiro atoms. The number of esters is 1. The van der Waals surface area contributed by atoms with Gasteiger partial charge in [-0.25, -0.2) is 0 Å². The van der Waals surface area contributed by atoms with Gasteiger partial charge >= 0.3 is 5.97 Å². The van der Waals surface area contributed by atoms with Gasteiger partial charge in [0.25, 0.3) is 0 Å². The van der Waals surface area contributed by atoms with E-state index in [-0.39, 0.29) is 5.97 Å². The van der Waals surface area contributed by atoms with Crippen LogP contribution < -0.4 is 4.74 Å². The minimum Gasteiger partial charge on any atom is -0.426 e. The Kier molecular flexibility index (Phi) is 2.28. The van der Waals surface area contributed by atoms with E-state index in [0.29, 0.717) is 12.3 Å². The third-order valence-corrected chi connectivity index (χ3v) is 2.83. The van der Waals surface area contributed by atoms with Gasteiger partial charge in [-0.05, 0) is 24.0 Å². The van der Waals surface area contributed by atoms with E-state index in [4.69, 9.17) is 4.74 Å². The van der Waals surface area contributed by atoms with Crippen LogP contribution in [0.1, 0.15) is 37.3 Å². The summed E-state index contributed by atoms with van der Waals surface area (Å²) >= 11 is 0. The van der Waals surface area contributed by atoms with Crippen LogP contribution in [-0.2, 0) is 11.2 Å². The number of carbonyl (C=O) groups is 1. The van der Waals surface area contributed by atoms with Crippen molar-refractivity contribution in [3.8, 4) is 5.75 Å². The predicted octanol–water partition coefficient (Wildman–Crippen LogP) is 2.66. The lowest BCUT2D eigenvalue weighted by molar-refractivity contribution is -0.131. The van der Waals surface area contributed by atoms with E-state index >= 15 is 0 Å².